The maximum atomic E-state index is 12.3. The van der Waals surface area contributed by atoms with Crippen LogP contribution in [0, 0.1) is 0 Å². The van der Waals surface area contributed by atoms with Gasteiger partial charge in [0.2, 0.25) is 0 Å². The molecule has 0 aliphatic heterocycles. The summed E-state index contributed by atoms with van der Waals surface area (Å²) in [6.45, 7) is 0.228. The van der Waals surface area contributed by atoms with E-state index in [1.807, 2.05) is 6.07 Å². The fourth-order valence-corrected chi connectivity index (χ4v) is 2.43. The Morgan fingerprint density at radius 2 is 1.87 bits per heavy atom. The first-order valence-electron chi connectivity index (χ1n) is 7.04. The van der Waals surface area contributed by atoms with Crippen molar-refractivity contribution in [2.24, 2.45) is 0 Å². The van der Waals surface area contributed by atoms with Crippen molar-refractivity contribution in [3.63, 3.8) is 0 Å². The van der Waals surface area contributed by atoms with E-state index in [9.17, 15) is 9.59 Å². The monoisotopic (exact) mass is 372 g/mol. The van der Waals surface area contributed by atoms with Gasteiger partial charge in [-0.1, -0.05) is 28.1 Å². The number of benzene rings is 2. The van der Waals surface area contributed by atoms with Gasteiger partial charge in [0.05, 0.1) is 23.7 Å². The third-order valence-corrected chi connectivity index (χ3v) is 3.86. The number of fused-ring (bicyclic) bond motifs is 1. The van der Waals surface area contributed by atoms with Crippen LogP contribution >= 0.6 is 15.9 Å². The van der Waals surface area contributed by atoms with Gasteiger partial charge in [-0.25, -0.2) is 4.98 Å². The molecule has 116 valence electrons. The molecular formula is C17H13BrN2O3. The van der Waals surface area contributed by atoms with Gasteiger partial charge in [-0.05, 0) is 36.4 Å². The summed E-state index contributed by atoms with van der Waals surface area (Å²) in [7, 11) is 0. The minimum absolute atomic E-state index is 0.0932. The second kappa shape index (κ2) is 6.75. The fraction of sp³-hybridized carbons (Fsp3) is 0.118. The Hall–Kier alpha value is -2.47. The summed E-state index contributed by atoms with van der Waals surface area (Å²) in [5.41, 5.74) is 0.484. The van der Waals surface area contributed by atoms with Crippen molar-refractivity contribution in [1.82, 2.24) is 9.55 Å². The molecule has 3 rings (SSSR count). The Morgan fingerprint density at radius 3 is 2.65 bits per heavy atom. The Labute approximate surface area is 140 Å². The van der Waals surface area contributed by atoms with Crippen LogP contribution in [0.4, 0.5) is 0 Å². The molecule has 1 heterocycles. The SMILES string of the molecule is O=C(CCn1cnc2ccccc2c1=O)Oc1ccc(Br)cc1. The molecule has 0 saturated heterocycles. The zero-order valence-corrected chi connectivity index (χ0v) is 13.7. The van der Waals surface area contributed by atoms with Gasteiger partial charge in [0.25, 0.3) is 5.56 Å². The average molecular weight is 373 g/mol. The summed E-state index contributed by atoms with van der Waals surface area (Å²) in [5, 5.41) is 0.538. The normalized spacial score (nSPS) is 10.7. The van der Waals surface area contributed by atoms with E-state index in [1.54, 1.807) is 42.5 Å². The van der Waals surface area contributed by atoms with E-state index in [-0.39, 0.29) is 18.5 Å². The van der Waals surface area contributed by atoms with E-state index in [0.717, 1.165) is 4.47 Å². The molecule has 5 nitrogen and oxygen atoms in total. The molecule has 0 bridgehead atoms. The second-order valence-electron chi connectivity index (χ2n) is 4.94. The largest absolute Gasteiger partial charge is 0.426 e. The van der Waals surface area contributed by atoms with Gasteiger partial charge in [0, 0.05) is 11.0 Å². The highest BCUT2D eigenvalue weighted by Crippen LogP contribution is 2.16. The van der Waals surface area contributed by atoms with Crippen LogP contribution in [0.15, 0.2) is 64.1 Å². The molecule has 0 unspecified atom stereocenters. The molecule has 23 heavy (non-hydrogen) atoms. The number of halogens is 1. The van der Waals surface area contributed by atoms with Crippen LogP contribution < -0.4 is 10.3 Å². The van der Waals surface area contributed by atoms with Crippen molar-refractivity contribution in [2.75, 3.05) is 0 Å². The summed E-state index contributed by atoms with van der Waals surface area (Å²) in [6.07, 6.45) is 1.55. The molecule has 0 aliphatic carbocycles. The van der Waals surface area contributed by atoms with Crippen LogP contribution in [0.3, 0.4) is 0 Å². The van der Waals surface area contributed by atoms with E-state index >= 15 is 0 Å². The van der Waals surface area contributed by atoms with Gasteiger partial charge in [-0.3, -0.25) is 14.2 Å². The lowest BCUT2D eigenvalue weighted by molar-refractivity contribution is -0.134. The predicted molar refractivity (Wildman–Crippen MR) is 90.4 cm³/mol. The van der Waals surface area contributed by atoms with Gasteiger partial charge in [0.1, 0.15) is 5.75 Å². The summed E-state index contributed by atoms with van der Waals surface area (Å²) < 4.78 is 7.55. The fourth-order valence-electron chi connectivity index (χ4n) is 2.16. The maximum absolute atomic E-state index is 12.3. The average Bonchev–Trinajstić information content (AvgIpc) is 2.57. The summed E-state index contributed by atoms with van der Waals surface area (Å²) in [6, 6.07) is 14.1. The third-order valence-electron chi connectivity index (χ3n) is 3.33. The molecule has 3 aromatic rings. The topological polar surface area (TPSA) is 61.2 Å². The highest BCUT2D eigenvalue weighted by Gasteiger charge is 2.08. The summed E-state index contributed by atoms with van der Waals surface area (Å²) in [5.74, 6) is 0.0783. The van der Waals surface area contributed by atoms with E-state index in [1.165, 1.54) is 10.9 Å². The number of carbonyl (C=O) groups excluding carboxylic acids is 1. The zero-order valence-electron chi connectivity index (χ0n) is 12.1. The number of aromatic nitrogens is 2. The van der Waals surface area contributed by atoms with Crippen molar-refractivity contribution < 1.29 is 9.53 Å². The lowest BCUT2D eigenvalue weighted by Gasteiger charge is -2.07. The molecule has 0 N–H and O–H groups in total. The first-order chi connectivity index (χ1) is 11.1. The number of carbonyl (C=O) groups is 1. The number of nitrogens with zero attached hydrogens (tertiary/aromatic N) is 2. The molecule has 0 atom stereocenters. The highest BCUT2D eigenvalue weighted by molar-refractivity contribution is 9.10. The molecule has 0 amide bonds. The second-order valence-corrected chi connectivity index (χ2v) is 5.85. The minimum atomic E-state index is -0.396. The molecule has 6 heteroatoms. The van der Waals surface area contributed by atoms with E-state index < -0.39 is 5.97 Å². The molecule has 0 radical (unpaired) electrons. The van der Waals surface area contributed by atoms with Crippen LogP contribution in [0.2, 0.25) is 0 Å². The number of hydrogen-bond acceptors (Lipinski definition) is 4. The van der Waals surface area contributed by atoms with Crippen molar-refractivity contribution in [3.05, 3.63) is 69.7 Å². The lowest BCUT2D eigenvalue weighted by Crippen LogP contribution is -2.23. The Balaban J connectivity index is 1.68. The Kier molecular flexibility index (Phi) is 4.52. The first kappa shape index (κ1) is 15.4. The van der Waals surface area contributed by atoms with Crippen molar-refractivity contribution in [2.45, 2.75) is 13.0 Å². The first-order valence-corrected chi connectivity index (χ1v) is 7.83. The molecule has 0 spiro atoms. The van der Waals surface area contributed by atoms with Gasteiger partial charge >= 0.3 is 5.97 Å². The van der Waals surface area contributed by atoms with Crippen LogP contribution in [0.25, 0.3) is 10.9 Å². The molecule has 0 saturated carbocycles. The smallest absolute Gasteiger partial charge is 0.312 e. The highest BCUT2D eigenvalue weighted by atomic mass is 79.9. The molecule has 2 aromatic carbocycles. The maximum Gasteiger partial charge on any atom is 0.312 e. The van der Waals surface area contributed by atoms with Crippen molar-refractivity contribution in [1.29, 1.82) is 0 Å². The number of para-hydroxylation sites is 1. The number of esters is 1. The molecule has 0 fully saturated rings. The van der Waals surface area contributed by atoms with Gasteiger partial charge in [-0.15, -0.1) is 0 Å². The quantitative estimate of drug-likeness (QED) is 0.521. The van der Waals surface area contributed by atoms with Crippen molar-refractivity contribution >= 4 is 32.8 Å². The van der Waals surface area contributed by atoms with E-state index in [4.69, 9.17) is 4.74 Å². The lowest BCUT2D eigenvalue weighted by atomic mass is 10.2. The van der Waals surface area contributed by atoms with E-state index in [2.05, 4.69) is 20.9 Å². The van der Waals surface area contributed by atoms with Crippen LogP contribution in [-0.4, -0.2) is 15.5 Å². The molecule has 0 aliphatic rings. The van der Waals surface area contributed by atoms with Gasteiger partial charge in [0.15, 0.2) is 0 Å². The zero-order chi connectivity index (χ0) is 16.2. The number of aryl methyl sites for hydroxylation is 1. The van der Waals surface area contributed by atoms with Gasteiger partial charge < -0.3 is 4.74 Å². The number of ether oxygens (including phenoxy) is 1. The number of hydrogen-bond donors (Lipinski definition) is 0. The molecule has 1 aromatic heterocycles. The standard InChI is InChI=1S/C17H13BrN2O3/c18-12-5-7-13(8-6-12)23-16(21)9-10-20-11-19-15-4-2-1-3-14(15)17(20)22/h1-8,11H,9-10H2. The number of rotatable bonds is 4. The summed E-state index contributed by atoms with van der Waals surface area (Å²) in [4.78, 5) is 28.4. The third kappa shape index (κ3) is 3.65. The minimum Gasteiger partial charge on any atom is -0.426 e. The molecular weight excluding hydrogens is 360 g/mol. The van der Waals surface area contributed by atoms with Crippen molar-refractivity contribution in [3.8, 4) is 5.75 Å². The summed E-state index contributed by atoms with van der Waals surface area (Å²) >= 11 is 3.32. The van der Waals surface area contributed by atoms with Crippen LogP contribution in [0.5, 0.6) is 5.75 Å². The van der Waals surface area contributed by atoms with E-state index in [0.29, 0.717) is 16.7 Å². The predicted octanol–water partition coefficient (Wildman–Crippen LogP) is 3.15. The van der Waals surface area contributed by atoms with Crippen LogP contribution in [-0.2, 0) is 11.3 Å². The van der Waals surface area contributed by atoms with Gasteiger partial charge in [-0.2, -0.15) is 0 Å². The van der Waals surface area contributed by atoms with Crippen LogP contribution in [0.1, 0.15) is 6.42 Å². The Bertz CT molecular complexity index is 904. The Morgan fingerprint density at radius 1 is 1.13 bits per heavy atom.